The van der Waals surface area contributed by atoms with Gasteiger partial charge < -0.3 is 14.2 Å². The molecule has 0 saturated heterocycles. The van der Waals surface area contributed by atoms with Crippen LogP contribution in [0.3, 0.4) is 0 Å². The Balaban J connectivity index is 1.26. The summed E-state index contributed by atoms with van der Waals surface area (Å²) in [6.45, 7) is 18.0. The molecule has 0 amide bonds. The summed E-state index contributed by atoms with van der Waals surface area (Å²) in [6, 6.07) is 81.4. The first-order chi connectivity index (χ1) is 34.8. The van der Waals surface area contributed by atoms with Gasteiger partial charge in [-0.3, -0.25) is 0 Å². The lowest BCUT2D eigenvalue weighted by molar-refractivity contribution is 0.590. The van der Waals surface area contributed by atoms with E-state index >= 15 is 0 Å². The Hall–Kier alpha value is -8.14. The molecule has 352 valence electrons. The van der Waals surface area contributed by atoms with E-state index in [1.54, 1.807) is 0 Å². The highest BCUT2D eigenvalue weighted by molar-refractivity contribution is 6.22. The first-order valence-electron chi connectivity index (χ1n) is 25.4. The summed E-state index contributed by atoms with van der Waals surface area (Å²) in [4.78, 5) is 4.94. The van der Waals surface area contributed by atoms with E-state index in [-0.39, 0.29) is 10.8 Å². The zero-order chi connectivity index (χ0) is 49.5. The molecule has 0 aliphatic heterocycles. The first kappa shape index (κ1) is 45.0. The molecule has 10 aromatic carbocycles. The Morgan fingerprint density at radius 1 is 0.375 bits per heavy atom. The minimum atomic E-state index is -0.794. The van der Waals surface area contributed by atoms with Crippen LogP contribution in [0.25, 0.3) is 43.8 Å². The maximum absolute atomic E-state index is 7.44. The molecule has 12 rings (SSSR count). The number of fused-ring (bicyclic) bond motifs is 9. The molecule has 0 atom stereocenters. The molecule has 0 spiro atoms. The highest BCUT2D eigenvalue weighted by atomic mass is 16.3. The van der Waals surface area contributed by atoms with Crippen LogP contribution in [0, 0.1) is 13.8 Å². The number of furan rings is 1. The van der Waals surface area contributed by atoms with Gasteiger partial charge in [-0.05, 0) is 136 Å². The number of nitrogens with zero attached hydrogens (tertiary/aromatic N) is 2. The van der Waals surface area contributed by atoms with Crippen molar-refractivity contribution < 1.29 is 4.42 Å². The smallest absolute Gasteiger partial charge is 0.145 e. The van der Waals surface area contributed by atoms with Crippen LogP contribution < -0.4 is 9.80 Å². The van der Waals surface area contributed by atoms with Crippen LogP contribution in [0.4, 0.5) is 34.1 Å². The summed E-state index contributed by atoms with van der Waals surface area (Å²) >= 11 is 0. The second-order valence-corrected chi connectivity index (χ2v) is 21.9. The monoisotopic (exact) mass is 932 g/mol. The van der Waals surface area contributed by atoms with Crippen LogP contribution in [0.2, 0.25) is 0 Å². The molecule has 0 saturated carbocycles. The number of hydrogen-bond acceptors (Lipinski definition) is 3. The quantitative estimate of drug-likeness (QED) is 0.151. The molecule has 1 heterocycles. The highest BCUT2D eigenvalue weighted by Crippen LogP contribution is 2.63. The van der Waals surface area contributed by atoms with Crippen molar-refractivity contribution in [3.63, 3.8) is 0 Å². The lowest BCUT2D eigenvalue weighted by atomic mass is 9.67. The van der Waals surface area contributed by atoms with Gasteiger partial charge in [-0.2, -0.15) is 0 Å². The van der Waals surface area contributed by atoms with Gasteiger partial charge in [-0.1, -0.05) is 204 Å². The average molecular weight is 933 g/mol. The van der Waals surface area contributed by atoms with Crippen molar-refractivity contribution in [1.82, 2.24) is 0 Å². The summed E-state index contributed by atoms with van der Waals surface area (Å²) in [5.74, 6) is 0. The summed E-state index contributed by atoms with van der Waals surface area (Å²) in [6.07, 6.45) is 0. The number of aryl methyl sites for hydroxylation is 2. The minimum Gasteiger partial charge on any atom is -0.455 e. The van der Waals surface area contributed by atoms with Gasteiger partial charge >= 0.3 is 0 Å². The maximum Gasteiger partial charge on any atom is 0.145 e. The van der Waals surface area contributed by atoms with Crippen molar-refractivity contribution in [2.24, 2.45) is 0 Å². The van der Waals surface area contributed by atoms with Gasteiger partial charge in [0.2, 0.25) is 0 Å². The van der Waals surface area contributed by atoms with Crippen molar-refractivity contribution in [3.8, 4) is 11.1 Å². The molecule has 3 heteroatoms. The zero-order valence-corrected chi connectivity index (χ0v) is 42.6. The molecule has 0 bridgehead atoms. The normalized spacial score (nSPS) is 13.1. The van der Waals surface area contributed by atoms with Crippen LogP contribution in [0.5, 0.6) is 0 Å². The maximum atomic E-state index is 7.44. The number of benzene rings is 10. The van der Waals surface area contributed by atoms with Crippen molar-refractivity contribution in [2.75, 3.05) is 9.80 Å². The topological polar surface area (TPSA) is 19.6 Å². The SMILES string of the molecule is Cc1ccc(N(c2ccc(C(C)(C)C)cc2)c2cc3c(c4ccccc24)-c2c(cc(N(c4ccc(C)cc4)c4ccc(C(C)(C)C)cc4)c4c2oc2ccccc24)C3(c2ccccc2)c2ccccc2)cc1. The fourth-order valence-corrected chi connectivity index (χ4v) is 11.5. The Bertz CT molecular complexity index is 3760. The molecule has 72 heavy (non-hydrogen) atoms. The summed E-state index contributed by atoms with van der Waals surface area (Å²) in [5.41, 5.74) is 19.6. The van der Waals surface area contributed by atoms with Gasteiger partial charge in [0.15, 0.2) is 0 Å². The van der Waals surface area contributed by atoms with E-state index in [2.05, 4.69) is 284 Å². The Morgan fingerprint density at radius 3 is 1.25 bits per heavy atom. The molecule has 0 fully saturated rings. The second-order valence-electron chi connectivity index (χ2n) is 21.9. The van der Waals surface area contributed by atoms with E-state index in [4.69, 9.17) is 4.42 Å². The molecule has 11 aromatic rings. The molecule has 1 aliphatic rings. The summed E-state index contributed by atoms with van der Waals surface area (Å²) < 4.78 is 7.44. The third-order valence-corrected chi connectivity index (χ3v) is 15.2. The highest BCUT2D eigenvalue weighted by Gasteiger charge is 2.50. The lowest BCUT2D eigenvalue weighted by Crippen LogP contribution is -2.29. The van der Waals surface area contributed by atoms with Gasteiger partial charge in [0, 0.05) is 39.1 Å². The fraction of sp³-hybridized carbons (Fsp3) is 0.159. The Morgan fingerprint density at radius 2 is 0.764 bits per heavy atom. The van der Waals surface area contributed by atoms with Crippen molar-refractivity contribution >= 4 is 66.8 Å². The molecular formula is C69H60N2O. The largest absolute Gasteiger partial charge is 0.455 e. The van der Waals surface area contributed by atoms with Crippen LogP contribution in [-0.4, -0.2) is 0 Å². The van der Waals surface area contributed by atoms with Crippen molar-refractivity contribution in [2.45, 2.75) is 71.6 Å². The first-order valence-corrected chi connectivity index (χ1v) is 25.4. The van der Waals surface area contributed by atoms with E-state index in [1.807, 2.05) is 0 Å². The van der Waals surface area contributed by atoms with Gasteiger partial charge in [-0.25, -0.2) is 0 Å². The summed E-state index contributed by atoms with van der Waals surface area (Å²) in [7, 11) is 0. The standard InChI is InChI=1S/C69H60N2O/c1-45-27-35-51(36-28-45)70(53-39-31-47(32-40-53)67(3,4)5)60-43-58-63(56-24-16-15-23-55(56)60)65-59(69(58,49-19-11-9-12-20-49)50-21-13-10-14-22-50)44-61(64-57-25-17-18-26-62(57)72-66(64)65)71(52-37-29-46(2)30-38-52)54-41-33-48(34-42-54)68(6,7)8/h9-44H,1-8H3. The van der Waals surface area contributed by atoms with Gasteiger partial charge in [0.25, 0.3) is 0 Å². The van der Waals surface area contributed by atoms with E-state index < -0.39 is 5.41 Å². The van der Waals surface area contributed by atoms with Gasteiger partial charge in [0.1, 0.15) is 11.2 Å². The molecular weight excluding hydrogens is 873 g/mol. The van der Waals surface area contributed by atoms with Crippen LogP contribution in [-0.2, 0) is 16.2 Å². The Labute approximate surface area is 424 Å². The fourth-order valence-electron chi connectivity index (χ4n) is 11.5. The van der Waals surface area contributed by atoms with Crippen LogP contribution in [0.1, 0.15) is 86.1 Å². The van der Waals surface area contributed by atoms with Crippen molar-refractivity contribution in [3.05, 3.63) is 263 Å². The van der Waals surface area contributed by atoms with E-state index in [0.717, 1.165) is 67.0 Å². The number of rotatable bonds is 8. The average Bonchev–Trinajstić information content (AvgIpc) is 3.92. The lowest BCUT2D eigenvalue weighted by Gasteiger charge is -2.36. The van der Waals surface area contributed by atoms with E-state index in [0.29, 0.717) is 0 Å². The predicted molar refractivity (Wildman–Crippen MR) is 305 cm³/mol. The molecule has 1 aliphatic carbocycles. The van der Waals surface area contributed by atoms with Crippen LogP contribution >= 0.6 is 0 Å². The van der Waals surface area contributed by atoms with E-state index in [9.17, 15) is 0 Å². The van der Waals surface area contributed by atoms with E-state index in [1.165, 1.54) is 55.5 Å². The zero-order valence-electron chi connectivity index (χ0n) is 42.6. The molecule has 0 N–H and O–H groups in total. The molecule has 0 unspecified atom stereocenters. The van der Waals surface area contributed by atoms with Crippen molar-refractivity contribution in [1.29, 1.82) is 0 Å². The molecule has 0 radical (unpaired) electrons. The van der Waals surface area contributed by atoms with Gasteiger partial charge in [0.05, 0.1) is 22.2 Å². The Kier molecular flexibility index (Phi) is 10.6. The summed E-state index contributed by atoms with van der Waals surface area (Å²) in [5, 5.41) is 4.50. The minimum absolute atomic E-state index is 0.00188. The molecule has 1 aromatic heterocycles. The van der Waals surface area contributed by atoms with Gasteiger partial charge in [-0.15, -0.1) is 0 Å². The third kappa shape index (κ3) is 7.24. The van der Waals surface area contributed by atoms with Crippen LogP contribution in [0.15, 0.2) is 223 Å². The predicted octanol–water partition coefficient (Wildman–Crippen LogP) is 19.3. The number of anilines is 6. The number of para-hydroxylation sites is 1. The molecule has 3 nitrogen and oxygen atoms in total. The third-order valence-electron chi connectivity index (χ3n) is 15.2. The second kappa shape index (κ2) is 17.0. The number of hydrogen-bond donors (Lipinski definition) is 0.